The van der Waals surface area contributed by atoms with Crippen LogP contribution in [-0.4, -0.2) is 37.6 Å². The zero-order valence-electron chi connectivity index (χ0n) is 17.9. The maximum Gasteiger partial charge on any atom is 0.341 e. The molecule has 174 valence electrons. The first-order valence-electron chi connectivity index (χ1n) is 9.53. The number of esters is 1. The summed E-state index contributed by atoms with van der Waals surface area (Å²) in [6.07, 6.45) is 0.478. The lowest BCUT2D eigenvalue weighted by Crippen LogP contribution is -2.54. The van der Waals surface area contributed by atoms with Crippen LogP contribution in [0, 0.1) is 5.82 Å². The maximum absolute atomic E-state index is 14.6. The molecule has 0 saturated carbocycles. The molecule has 0 fully saturated rings. The predicted octanol–water partition coefficient (Wildman–Crippen LogP) is 0.262. The van der Waals surface area contributed by atoms with Gasteiger partial charge in [-0.1, -0.05) is 11.6 Å². The van der Waals surface area contributed by atoms with Crippen LogP contribution in [0.3, 0.4) is 0 Å². The van der Waals surface area contributed by atoms with E-state index in [0.717, 1.165) is 25.3 Å². The van der Waals surface area contributed by atoms with Gasteiger partial charge in [0.25, 0.3) is 11.8 Å². The number of ether oxygens (including phenoxy) is 1. The molecule has 2 aromatic rings. The molecule has 0 radical (unpaired) electrons. The Morgan fingerprint density at radius 1 is 1.06 bits per heavy atom. The molecule has 0 aliphatic carbocycles. The van der Waals surface area contributed by atoms with Gasteiger partial charge in [-0.3, -0.25) is 14.4 Å². The van der Waals surface area contributed by atoms with Gasteiger partial charge >= 0.3 is 23.0 Å². The second kappa shape index (κ2) is 8.62. The molecule has 0 spiro atoms. The van der Waals surface area contributed by atoms with Crippen molar-refractivity contribution in [3.8, 4) is 5.69 Å². The Labute approximate surface area is 189 Å². The summed E-state index contributed by atoms with van der Waals surface area (Å²) in [5, 5.41) is -0.422. The Balaban J connectivity index is 2.25. The van der Waals surface area contributed by atoms with E-state index in [0.29, 0.717) is 18.6 Å². The molecule has 2 amide bonds. The number of imide groups is 1. The van der Waals surface area contributed by atoms with Crippen molar-refractivity contribution >= 4 is 35.1 Å². The largest absolute Gasteiger partial charge is 0.462 e. The molecule has 1 aromatic heterocycles. The number of carbonyl (C=O) groups is 3. The first kappa shape index (κ1) is 23.9. The number of hydrogen-bond acceptors (Lipinski definition) is 7. The SMILES string of the molecule is CC1=CC(=O)N(c2cc(-n3c(=O)n(C)c(=O)n(CC(=O)OC(C)C)c3=O)c(Cl)cc2F)C1=O. The van der Waals surface area contributed by atoms with Crippen molar-refractivity contribution in [2.45, 2.75) is 33.4 Å². The standard InChI is InChI=1S/C20H18ClFN4O7/c1-9(2)33-16(28)8-24-18(30)23(4)19(31)26(20(24)32)13-7-14(12(22)6-11(13)21)25-15(27)5-10(3)17(25)29/h5-7,9H,8H2,1-4H3. The molecule has 11 nitrogen and oxygen atoms in total. The Kier molecular flexibility index (Phi) is 6.23. The van der Waals surface area contributed by atoms with E-state index in [1.165, 1.54) is 6.92 Å². The van der Waals surface area contributed by atoms with Crippen molar-refractivity contribution in [2.24, 2.45) is 7.05 Å². The minimum absolute atomic E-state index is 0.0567. The number of halogens is 2. The van der Waals surface area contributed by atoms with Crippen molar-refractivity contribution in [3.05, 3.63) is 66.1 Å². The van der Waals surface area contributed by atoms with Gasteiger partial charge in [-0.25, -0.2) is 37.4 Å². The lowest BCUT2D eigenvalue weighted by molar-refractivity contribution is -0.148. The zero-order valence-corrected chi connectivity index (χ0v) is 18.7. The van der Waals surface area contributed by atoms with Gasteiger partial charge in [-0.05, 0) is 32.9 Å². The van der Waals surface area contributed by atoms with Gasteiger partial charge in [-0.15, -0.1) is 0 Å². The van der Waals surface area contributed by atoms with Crippen LogP contribution >= 0.6 is 11.6 Å². The molecule has 3 rings (SSSR count). The second-order valence-corrected chi connectivity index (χ2v) is 7.84. The molecule has 1 aliphatic heterocycles. The van der Waals surface area contributed by atoms with Crippen molar-refractivity contribution in [2.75, 3.05) is 4.90 Å². The van der Waals surface area contributed by atoms with Crippen LogP contribution < -0.4 is 22.0 Å². The Morgan fingerprint density at radius 3 is 2.24 bits per heavy atom. The van der Waals surface area contributed by atoms with Gasteiger partial charge in [0.2, 0.25) is 0 Å². The fourth-order valence-electron chi connectivity index (χ4n) is 3.15. The third-order valence-electron chi connectivity index (χ3n) is 4.67. The lowest BCUT2D eigenvalue weighted by atomic mass is 10.2. The van der Waals surface area contributed by atoms with Gasteiger partial charge in [-0.2, -0.15) is 0 Å². The fraction of sp³-hybridized carbons (Fsp3) is 0.300. The Bertz CT molecular complexity index is 1420. The predicted molar refractivity (Wildman–Crippen MR) is 114 cm³/mol. The van der Waals surface area contributed by atoms with Crippen LogP contribution in [0.5, 0.6) is 0 Å². The van der Waals surface area contributed by atoms with E-state index >= 15 is 0 Å². The summed E-state index contributed by atoms with van der Waals surface area (Å²) >= 11 is 6.08. The molecule has 1 aromatic carbocycles. The number of amides is 2. The summed E-state index contributed by atoms with van der Waals surface area (Å²) in [5.74, 6) is -3.59. The maximum atomic E-state index is 14.6. The summed E-state index contributed by atoms with van der Waals surface area (Å²) in [7, 11) is 1.06. The summed E-state index contributed by atoms with van der Waals surface area (Å²) in [4.78, 5) is 75.3. The number of benzene rings is 1. The number of hydrogen-bond donors (Lipinski definition) is 0. The normalized spacial score (nSPS) is 13.7. The lowest BCUT2D eigenvalue weighted by Gasteiger charge is -2.18. The van der Waals surface area contributed by atoms with Crippen LogP contribution in [0.1, 0.15) is 20.8 Å². The van der Waals surface area contributed by atoms with Crippen LogP contribution in [0.2, 0.25) is 5.02 Å². The van der Waals surface area contributed by atoms with Crippen molar-refractivity contribution < 1.29 is 23.5 Å². The van der Waals surface area contributed by atoms with Gasteiger partial charge in [0.15, 0.2) is 0 Å². The molecule has 0 unspecified atom stereocenters. The van der Waals surface area contributed by atoms with Crippen molar-refractivity contribution in [1.29, 1.82) is 0 Å². The van der Waals surface area contributed by atoms with E-state index in [-0.39, 0.29) is 5.57 Å². The Hall–Kier alpha value is -3.80. The number of aromatic nitrogens is 3. The molecule has 0 bridgehead atoms. The average Bonchev–Trinajstić information content (AvgIpc) is 2.96. The van der Waals surface area contributed by atoms with Crippen LogP contribution in [-0.2, 0) is 32.7 Å². The molecule has 0 saturated heterocycles. The summed E-state index contributed by atoms with van der Waals surface area (Å²) in [6, 6.07) is 1.58. The summed E-state index contributed by atoms with van der Waals surface area (Å²) in [5.41, 5.74) is -4.40. The monoisotopic (exact) mass is 480 g/mol. The van der Waals surface area contributed by atoms with Crippen molar-refractivity contribution in [1.82, 2.24) is 13.7 Å². The number of rotatable bonds is 5. The highest BCUT2D eigenvalue weighted by atomic mass is 35.5. The average molecular weight is 481 g/mol. The third-order valence-corrected chi connectivity index (χ3v) is 4.97. The number of anilines is 1. The first-order chi connectivity index (χ1) is 15.3. The van der Waals surface area contributed by atoms with Crippen LogP contribution in [0.25, 0.3) is 5.69 Å². The van der Waals surface area contributed by atoms with E-state index in [1.807, 2.05) is 0 Å². The summed E-state index contributed by atoms with van der Waals surface area (Å²) < 4.78 is 21.0. The quantitative estimate of drug-likeness (QED) is 0.443. The van der Waals surface area contributed by atoms with E-state index in [9.17, 15) is 33.2 Å². The van der Waals surface area contributed by atoms with E-state index in [2.05, 4.69) is 0 Å². The van der Waals surface area contributed by atoms with E-state index in [4.69, 9.17) is 16.3 Å². The molecule has 2 heterocycles. The van der Waals surface area contributed by atoms with Gasteiger partial charge < -0.3 is 4.74 Å². The Morgan fingerprint density at radius 2 is 1.70 bits per heavy atom. The molecular formula is C20H18ClFN4O7. The zero-order chi connectivity index (χ0) is 24.8. The van der Waals surface area contributed by atoms with E-state index in [1.54, 1.807) is 13.8 Å². The smallest absolute Gasteiger partial charge is 0.341 e. The van der Waals surface area contributed by atoms with Gasteiger partial charge in [0, 0.05) is 18.7 Å². The molecule has 0 N–H and O–H groups in total. The molecule has 33 heavy (non-hydrogen) atoms. The number of nitrogens with zero attached hydrogens (tertiary/aromatic N) is 4. The molecule has 1 aliphatic rings. The molecule has 0 atom stereocenters. The summed E-state index contributed by atoms with van der Waals surface area (Å²) in [6.45, 7) is 3.69. The van der Waals surface area contributed by atoms with Crippen LogP contribution in [0.4, 0.5) is 10.1 Å². The van der Waals surface area contributed by atoms with Crippen LogP contribution in [0.15, 0.2) is 38.2 Å². The minimum Gasteiger partial charge on any atom is -0.462 e. The highest BCUT2D eigenvalue weighted by molar-refractivity contribution is 6.33. The first-order valence-corrected chi connectivity index (χ1v) is 9.91. The highest BCUT2D eigenvalue weighted by Gasteiger charge is 2.33. The second-order valence-electron chi connectivity index (χ2n) is 7.43. The highest BCUT2D eigenvalue weighted by Crippen LogP contribution is 2.31. The van der Waals surface area contributed by atoms with Gasteiger partial charge in [0.05, 0.1) is 22.5 Å². The molecular weight excluding hydrogens is 463 g/mol. The van der Waals surface area contributed by atoms with Crippen molar-refractivity contribution in [3.63, 3.8) is 0 Å². The van der Waals surface area contributed by atoms with Gasteiger partial charge in [0.1, 0.15) is 12.4 Å². The molecule has 13 heteroatoms. The number of carbonyl (C=O) groups excluding carboxylic acids is 3. The topological polar surface area (TPSA) is 130 Å². The third kappa shape index (κ3) is 4.16. The minimum atomic E-state index is -1.25. The van der Waals surface area contributed by atoms with E-state index < -0.39 is 69.7 Å². The fourth-order valence-corrected chi connectivity index (χ4v) is 3.39.